The zero-order chi connectivity index (χ0) is 16.6. The molecular formula is C22H34O. The molecule has 23 heavy (non-hydrogen) atoms. The van der Waals surface area contributed by atoms with Gasteiger partial charge in [0.2, 0.25) is 0 Å². The smallest absolute Gasteiger partial charge is 0.152 e. The summed E-state index contributed by atoms with van der Waals surface area (Å²) in [7, 11) is 0. The predicted molar refractivity (Wildman–Crippen MR) is 101 cm³/mol. The molecule has 1 nitrogen and oxygen atoms in total. The number of unbranched alkanes of at least 4 members (excludes halogenated alkanes) is 10. The van der Waals surface area contributed by atoms with Crippen LogP contribution >= 0.6 is 0 Å². The molecular weight excluding hydrogens is 280 g/mol. The van der Waals surface area contributed by atoms with E-state index in [4.69, 9.17) is 0 Å². The zero-order valence-electron chi connectivity index (χ0n) is 14.9. The molecule has 0 radical (unpaired) electrons. The maximum atomic E-state index is 10.7. The maximum Gasteiger partial charge on any atom is 0.152 e. The molecule has 0 heterocycles. The van der Waals surface area contributed by atoms with Gasteiger partial charge in [0, 0.05) is 0 Å². The number of carbonyl (C=O) groups excluding carboxylic acids is 1. The van der Waals surface area contributed by atoms with Crippen molar-refractivity contribution in [3.8, 4) is 0 Å². The predicted octanol–water partition coefficient (Wildman–Crippen LogP) is 6.67. The molecule has 0 fully saturated rings. The first-order chi connectivity index (χ1) is 11.3. The summed E-state index contributed by atoms with van der Waals surface area (Å²) < 4.78 is 0. The van der Waals surface area contributed by atoms with E-state index in [-0.39, 0.29) is 5.78 Å². The molecule has 0 aliphatic rings. The monoisotopic (exact) mass is 314 g/mol. The van der Waals surface area contributed by atoms with Crippen molar-refractivity contribution >= 4 is 5.78 Å². The van der Waals surface area contributed by atoms with E-state index in [2.05, 4.69) is 30.3 Å². The van der Waals surface area contributed by atoms with Gasteiger partial charge >= 0.3 is 0 Å². The van der Waals surface area contributed by atoms with Gasteiger partial charge in [-0.15, -0.1) is 0 Å². The Morgan fingerprint density at radius 1 is 0.783 bits per heavy atom. The highest BCUT2D eigenvalue weighted by Crippen LogP contribution is 2.13. The average Bonchev–Trinajstić information content (AvgIpc) is 2.56. The summed E-state index contributed by atoms with van der Waals surface area (Å²) in [6, 6.07) is 10.8. The van der Waals surface area contributed by atoms with Crippen LogP contribution in [0.4, 0.5) is 0 Å². The van der Waals surface area contributed by atoms with Crippen molar-refractivity contribution in [2.75, 3.05) is 0 Å². The van der Waals surface area contributed by atoms with Gasteiger partial charge < -0.3 is 0 Å². The molecule has 0 N–H and O–H groups in total. The van der Waals surface area contributed by atoms with E-state index in [9.17, 15) is 4.79 Å². The number of benzene rings is 1. The van der Waals surface area contributed by atoms with Crippen LogP contribution in [0, 0.1) is 0 Å². The highest BCUT2D eigenvalue weighted by molar-refractivity contribution is 5.87. The third-order valence-corrected chi connectivity index (χ3v) is 4.28. The standard InChI is InChI=1S/C22H34O/c1-21(23)17-13-10-8-6-4-2-3-5-7-9-11-14-18-22-19-15-12-16-20-22/h12-13,15-17,19-20H,2-11,14,18H2,1H3. The van der Waals surface area contributed by atoms with Gasteiger partial charge in [0.1, 0.15) is 0 Å². The molecule has 0 saturated heterocycles. The lowest BCUT2D eigenvalue weighted by molar-refractivity contribution is -0.112. The van der Waals surface area contributed by atoms with Crippen molar-refractivity contribution in [2.24, 2.45) is 0 Å². The van der Waals surface area contributed by atoms with Crippen LogP contribution in [0.25, 0.3) is 0 Å². The minimum absolute atomic E-state index is 0.161. The Morgan fingerprint density at radius 2 is 1.30 bits per heavy atom. The molecule has 1 aromatic carbocycles. The van der Waals surface area contributed by atoms with Crippen molar-refractivity contribution in [1.29, 1.82) is 0 Å². The first kappa shape index (κ1) is 19.7. The molecule has 0 unspecified atom stereocenters. The Kier molecular flexibility index (Phi) is 12.2. The summed E-state index contributed by atoms with van der Waals surface area (Å²) in [5, 5.41) is 0. The van der Waals surface area contributed by atoms with E-state index < -0.39 is 0 Å². The van der Waals surface area contributed by atoms with E-state index in [0.717, 1.165) is 6.42 Å². The zero-order valence-corrected chi connectivity index (χ0v) is 14.9. The van der Waals surface area contributed by atoms with Crippen molar-refractivity contribution in [3.05, 3.63) is 48.0 Å². The summed E-state index contributed by atoms with van der Waals surface area (Å²) in [6.07, 6.45) is 19.5. The number of carbonyl (C=O) groups is 1. The van der Waals surface area contributed by atoms with E-state index >= 15 is 0 Å². The Hall–Kier alpha value is -1.37. The summed E-state index contributed by atoms with van der Waals surface area (Å²) in [5.41, 5.74) is 1.48. The van der Waals surface area contributed by atoms with Gasteiger partial charge in [0.05, 0.1) is 0 Å². The fourth-order valence-corrected chi connectivity index (χ4v) is 2.90. The van der Waals surface area contributed by atoms with Crippen LogP contribution in [0.2, 0.25) is 0 Å². The molecule has 1 aromatic rings. The molecule has 0 atom stereocenters. The van der Waals surface area contributed by atoms with Gasteiger partial charge in [-0.2, -0.15) is 0 Å². The van der Waals surface area contributed by atoms with E-state index in [1.54, 1.807) is 13.0 Å². The minimum atomic E-state index is 0.161. The number of hydrogen-bond donors (Lipinski definition) is 0. The summed E-state index contributed by atoms with van der Waals surface area (Å²) >= 11 is 0. The number of allylic oxidation sites excluding steroid dienone is 2. The normalized spacial score (nSPS) is 11.2. The Labute approximate surface area is 143 Å². The topological polar surface area (TPSA) is 17.1 Å². The second-order valence-electron chi connectivity index (χ2n) is 6.57. The van der Waals surface area contributed by atoms with Crippen molar-refractivity contribution in [3.63, 3.8) is 0 Å². The van der Waals surface area contributed by atoms with E-state index in [1.165, 1.54) is 76.2 Å². The van der Waals surface area contributed by atoms with Crippen molar-refractivity contribution in [1.82, 2.24) is 0 Å². The Morgan fingerprint density at radius 3 is 1.87 bits per heavy atom. The first-order valence-corrected chi connectivity index (χ1v) is 9.50. The SMILES string of the molecule is CC(=O)C=CCCCCCCCCCCCCc1ccccc1. The van der Waals surface area contributed by atoms with E-state index in [1.807, 2.05) is 6.08 Å². The number of aryl methyl sites for hydroxylation is 1. The second-order valence-corrected chi connectivity index (χ2v) is 6.57. The van der Waals surface area contributed by atoms with Gasteiger partial charge in [0.15, 0.2) is 5.78 Å². The summed E-state index contributed by atoms with van der Waals surface area (Å²) in [5.74, 6) is 0.161. The van der Waals surface area contributed by atoms with Gasteiger partial charge in [-0.25, -0.2) is 0 Å². The highest BCUT2D eigenvalue weighted by atomic mass is 16.1. The fraction of sp³-hybridized carbons (Fsp3) is 0.591. The molecule has 128 valence electrons. The maximum absolute atomic E-state index is 10.7. The second kappa shape index (κ2) is 14.2. The number of ketones is 1. The van der Waals surface area contributed by atoms with Crippen LogP contribution in [0.5, 0.6) is 0 Å². The molecule has 0 spiro atoms. The van der Waals surface area contributed by atoms with Crippen LogP contribution in [-0.2, 0) is 11.2 Å². The molecule has 1 heteroatoms. The Balaban J connectivity index is 1.77. The summed E-state index contributed by atoms with van der Waals surface area (Å²) in [6.45, 7) is 1.61. The lowest BCUT2D eigenvalue weighted by Crippen LogP contribution is -1.86. The van der Waals surface area contributed by atoms with Crippen molar-refractivity contribution < 1.29 is 4.79 Å². The summed E-state index contributed by atoms with van der Waals surface area (Å²) in [4.78, 5) is 10.7. The molecule has 0 aromatic heterocycles. The molecule has 0 amide bonds. The average molecular weight is 315 g/mol. The van der Waals surface area contributed by atoms with Gasteiger partial charge in [-0.1, -0.05) is 87.8 Å². The van der Waals surface area contributed by atoms with Crippen LogP contribution in [-0.4, -0.2) is 5.78 Å². The lowest BCUT2D eigenvalue weighted by Gasteiger charge is -2.03. The third-order valence-electron chi connectivity index (χ3n) is 4.28. The highest BCUT2D eigenvalue weighted by Gasteiger charge is 1.94. The largest absolute Gasteiger partial charge is 0.295 e. The fourth-order valence-electron chi connectivity index (χ4n) is 2.90. The lowest BCUT2D eigenvalue weighted by atomic mass is 10.0. The van der Waals surface area contributed by atoms with Gasteiger partial charge in [0.25, 0.3) is 0 Å². The van der Waals surface area contributed by atoms with E-state index in [0.29, 0.717) is 0 Å². The molecule has 0 bridgehead atoms. The molecule has 0 saturated carbocycles. The van der Waals surface area contributed by atoms with Crippen LogP contribution in [0.3, 0.4) is 0 Å². The number of rotatable bonds is 14. The van der Waals surface area contributed by atoms with Crippen LogP contribution in [0.1, 0.15) is 83.1 Å². The quantitative estimate of drug-likeness (QED) is 0.277. The van der Waals surface area contributed by atoms with Gasteiger partial charge in [-0.05, 0) is 44.2 Å². The van der Waals surface area contributed by atoms with Crippen molar-refractivity contribution in [2.45, 2.75) is 84.0 Å². The van der Waals surface area contributed by atoms with Crippen LogP contribution in [0.15, 0.2) is 42.5 Å². The Bertz CT molecular complexity index is 419. The number of hydrogen-bond acceptors (Lipinski definition) is 1. The molecule has 0 aliphatic carbocycles. The molecule has 0 aliphatic heterocycles. The first-order valence-electron chi connectivity index (χ1n) is 9.50. The third kappa shape index (κ3) is 12.8. The minimum Gasteiger partial charge on any atom is -0.295 e. The molecule has 1 rings (SSSR count). The van der Waals surface area contributed by atoms with Crippen LogP contribution < -0.4 is 0 Å². The van der Waals surface area contributed by atoms with Gasteiger partial charge in [-0.3, -0.25) is 4.79 Å².